The second-order valence-electron chi connectivity index (χ2n) is 10.9. The van der Waals surface area contributed by atoms with Gasteiger partial charge in [0.05, 0.1) is 25.4 Å². The lowest BCUT2D eigenvalue weighted by Gasteiger charge is -2.54. The molecule has 4 atom stereocenters. The molecule has 0 saturated carbocycles. The van der Waals surface area contributed by atoms with Crippen molar-refractivity contribution in [2.45, 2.75) is 35.2 Å². The fourth-order valence-corrected chi connectivity index (χ4v) is 7.86. The maximum Gasteiger partial charge on any atom is 0.330 e. The summed E-state index contributed by atoms with van der Waals surface area (Å²) >= 11 is 14.9. The van der Waals surface area contributed by atoms with Crippen molar-refractivity contribution in [1.82, 2.24) is 4.90 Å². The number of Topliss-reactive ketones (excluding diaryl/α,β-unsaturated/α-hetero) is 1. The number of imide groups is 1. The van der Waals surface area contributed by atoms with E-state index in [0.717, 1.165) is 0 Å². The van der Waals surface area contributed by atoms with Crippen LogP contribution in [-0.4, -0.2) is 53.6 Å². The SMILES string of the molecule is COc1ccc(C(=O)[C@H](C)OC(=O)[C@@H](CC(N)=O)N2C(=O)[C@@H]3[C@H](C2=O)C2(Cl)c4ccccc4C3(Cl)c3ccccc32)cc1. The van der Waals surface area contributed by atoms with E-state index in [0.29, 0.717) is 32.9 Å². The third-order valence-corrected chi connectivity index (χ3v) is 9.92. The van der Waals surface area contributed by atoms with Crippen LogP contribution in [0.5, 0.6) is 5.75 Å². The molecule has 0 aromatic heterocycles. The number of ether oxygens (including phenoxy) is 2. The Hall–Kier alpha value is -4.21. The first kappa shape index (κ1) is 28.9. The third-order valence-electron chi connectivity index (χ3n) is 8.63. The number of primary amides is 1. The van der Waals surface area contributed by atoms with Gasteiger partial charge in [-0.05, 0) is 53.4 Å². The number of nitrogens with two attached hydrogens (primary N) is 1. The molecule has 0 spiro atoms. The number of ketones is 1. The summed E-state index contributed by atoms with van der Waals surface area (Å²) in [5.74, 6) is -6.04. The third kappa shape index (κ3) is 4.02. The Labute approximate surface area is 256 Å². The summed E-state index contributed by atoms with van der Waals surface area (Å²) in [5, 5.41) is 0. The number of carbonyl (C=O) groups is 5. The fraction of sp³-hybridized carbons (Fsp3) is 0.281. The molecule has 3 aromatic rings. The molecular formula is C32H26Cl2N2O7. The highest BCUT2D eigenvalue weighted by Crippen LogP contribution is 2.69. The molecule has 43 heavy (non-hydrogen) atoms. The van der Waals surface area contributed by atoms with Crippen molar-refractivity contribution in [2.24, 2.45) is 17.6 Å². The van der Waals surface area contributed by atoms with E-state index in [1.807, 2.05) is 0 Å². The minimum absolute atomic E-state index is 0.243. The Morgan fingerprint density at radius 1 is 0.837 bits per heavy atom. The van der Waals surface area contributed by atoms with Crippen molar-refractivity contribution in [3.63, 3.8) is 0 Å². The van der Waals surface area contributed by atoms with Crippen molar-refractivity contribution >= 4 is 52.7 Å². The molecule has 1 aliphatic heterocycles. The van der Waals surface area contributed by atoms with Gasteiger partial charge < -0.3 is 15.2 Å². The van der Waals surface area contributed by atoms with Gasteiger partial charge in [0.1, 0.15) is 21.5 Å². The predicted molar refractivity (Wildman–Crippen MR) is 155 cm³/mol. The lowest BCUT2D eigenvalue weighted by molar-refractivity contribution is -0.161. The largest absolute Gasteiger partial charge is 0.497 e. The highest BCUT2D eigenvalue weighted by molar-refractivity contribution is 6.36. The molecule has 0 unspecified atom stereocenters. The molecule has 1 saturated heterocycles. The summed E-state index contributed by atoms with van der Waals surface area (Å²) in [7, 11) is 1.48. The van der Waals surface area contributed by atoms with Crippen molar-refractivity contribution < 1.29 is 33.4 Å². The van der Waals surface area contributed by atoms with Crippen LogP contribution in [0.4, 0.5) is 0 Å². The zero-order chi connectivity index (χ0) is 30.8. The molecule has 1 heterocycles. The Morgan fingerprint density at radius 2 is 1.28 bits per heavy atom. The van der Waals surface area contributed by atoms with Crippen LogP contribution in [0.1, 0.15) is 46.0 Å². The van der Waals surface area contributed by atoms with Crippen LogP contribution in [-0.2, 0) is 33.7 Å². The van der Waals surface area contributed by atoms with Crippen molar-refractivity contribution in [1.29, 1.82) is 0 Å². The number of hydrogen-bond acceptors (Lipinski definition) is 7. The molecule has 3 amide bonds. The van der Waals surface area contributed by atoms with Gasteiger partial charge in [0.2, 0.25) is 23.5 Å². The first-order valence-electron chi connectivity index (χ1n) is 13.6. The molecule has 2 N–H and O–H groups in total. The van der Waals surface area contributed by atoms with Crippen LogP contribution in [0, 0.1) is 11.8 Å². The van der Waals surface area contributed by atoms with E-state index in [9.17, 15) is 24.0 Å². The van der Waals surface area contributed by atoms with Crippen LogP contribution in [0.15, 0.2) is 72.8 Å². The summed E-state index contributed by atoms with van der Waals surface area (Å²) < 4.78 is 10.6. The lowest BCUT2D eigenvalue weighted by Crippen LogP contribution is -2.57. The Balaban J connectivity index is 1.38. The van der Waals surface area contributed by atoms with Gasteiger partial charge in [-0.2, -0.15) is 0 Å². The molecule has 3 aliphatic carbocycles. The van der Waals surface area contributed by atoms with Crippen LogP contribution in [0.3, 0.4) is 0 Å². The number of nitrogens with zero attached hydrogens (tertiary/aromatic N) is 1. The average Bonchev–Trinajstić information content (AvgIpc) is 3.28. The van der Waals surface area contributed by atoms with Gasteiger partial charge in [0.15, 0.2) is 6.10 Å². The number of rotatable bonds is 8. The highest BCUT2D eigenvalue weighted by Gasteiger charge is 2.74. The normalized spacial score (nSPS) is 26.2. The molecule has 220 valence electrons. The molecule has 4 aliphatic rings. The lowest BCUT2D eigenvalue weighted by atomic mass is 9.54. The van der Waals surface area contributed by atoms with Gasteiger partial charge in [0, 0.05) is 5.56 Å². The van der Waals surface area contributed by atoms with E-state index in [1.54, 1.807) is 60.7 Å². The van der Waals surface area contributed by atoms with Crippen molar-refractivity contribution in [3.05, 3.63) is 101 Å². The molecule has 7 rings (SSSR count). The van der Waals surface area contributed by atoms with Crippen molar-refractivity contribution in [2.75, 3.05) is 7.11 Å². The topological polar surface area (TPSA) is 133 Å². The summed E-state index contributed by atoms with van der Waals surface area (Å²) in [4.78, 5) is 65.0. The number of esters is 1. The minimum atomic E-state index is -1.74. The Kier molecular flexibility index (Phi) is 6.86. The monoisotopic (exact) mass is 620 g/mol. The molecule has 2 bridgehead atoms. The number of hydrogen-bond donors (Lipinski definition) is 1. The van der Waals surface area contributed by atoms with Gasteiger partial charge in [-0.3, -0.25) is 24.1 Å². The number of amides is 3. The van der Waals surface area contributed by atoms with Crippen LogP contribution in [0.25, 0.3) is 0 Å². The second kappa shape index (κ2) is 10.2. The summed E-state index contributed by atoms with van der Waals surface area (Å²) in [6.45, 7) is 1.36. The Bertz CT molecular complexity index is 1580. The van der Waals surface area contributed by atoms with Gasteiger partial charge in [-0.25, -0.2) is 4.79 Å². The zero-order valence-electron chi connectivity index (χ0n) is 23.1. The first-order valence-corrected chi connectivity index (χ1v) is 14.3. The molecular weight excluding hydrogens is 595 g/mol. The number of methoxy groups -OCH3 is 1. The predicted octanol–water partition coefficient (Wildman–Crippen LogP) is 3.65. The van der Waals surface area contributed by atoms with Crippen LogP contribution in [0.2, 0.25) is 0 Å². The quantitative estimate of drug-likeness (QED) is 0.176. The maximum absolute atomic E-state index is 14.3. The van der Waals surface area contributed by atoms with E-state index < -0.39 is 69.6 Å². The van der Waals surface area contributed by atoms with Gasteiger partial charge >= 0.3 is 5.97 Å². The van der Waals surface area contributed by atoms with E-state index in [1.165, 1.54) is 26.2 Å². The zero-order valence-corrected chi connectivity index (χ0v) is 24.6. The smallest absolute Gasteiger partial charge is 0.330 e. The maximum atomic E-state index is 14.3. The van der Waals surface area contributed by atoms with E-state index in [-0.39, 0.29) is 5.56 Å². The standard InChI is InChI=1S/C32H26Cl2N2O7/c1-16(27(38)17-11-13-18(42-2)14-12-17)43-30(41)23(15-24(35)37)36-28(39)25-26(29(36)40)32(34)20-8-4-3-7-19(20)31(25,33)21-9-5-6-10-22(21)32/h3-14,16,23,25-26H,15H2,1-2H3,(H2,35,37)/t16-,23+,25-,26+,31?,32?/m0/s1. The molecule has 3 aromatic carbocycles. The second-order valence-corrected chi connectivity index (χ2v) is 12.1. The fourth-order valence-electron chi connectivity index (χ4n) is 6.76. The molecule has 11 heteroatoms. The van der Waals surface area contributed by atoms with Gasteiger partial charge in [0.25, 0.3) is 0 Å². The van der Waals surface area contributed by atoms with Gasteiger partial charge in [-0.1, -0.05) is 48.5 Å². The van der Waals surface area contributed by atoms with Crippen LogP contribution >= 0.6 is 23.2 Å². The molecule has 0 radical (unpaired) electrons. The number of halogens is 2. The Morgan fingerprint density at radius 3 is 1.67 bits per heavy atom. The van der Waals surface area contributed by atoms with E-state index >= 15 is 0 Å². The number of carbonyl (C=O) groups excluding carboxylic acids is 5. The summed E-state index contributed by atoms with van der Waals surface area (Å²) in [6, 6.07) is 18.6. The minimum Gasteiger partial charge on any atom is -0.497 e. The molecule has 1 fully saturated rings. The number of alkyl halides is 2. The van der Waals surface area contributed by atoms with Crippen molar-refractivity contribution in [3.8, 4) is 5.75 Å². The van der Waals surface area contributed by atoms with Gasteiger partial charge in [-0.15, -0.1) is 23.2 Å². The van der Waals surface area contributed by atoms with Crippen LogP contribution < -0.4 is 10.5 Å². The summed E-state index contributed by atoms with van der Waals surface area (Å²) in [5.41, 5.74) is 8.06. The highest BCUT2D eigenvalue weighted by atomic mass is 35.5. The van der Waals surface area contributed by atoms with E-state index in [2.05, 4.69) is 0 Å². The first-order chi connectivity index (χ1) is 20.5. The van der Waals surface area contributed by atoms with E-state index in [4.69, 9.17) is 38.4 Å². The number of likely N-dealkylation sites (tertiary alicyclic amines) is 1. The number of benzene rings is 3. The molecule has 9 nitrogen and oxygen atoms in total. The summed E-state index contributed by atoms with van der Waals surface area (Å²) in [6.07, 6.45) is -2.03. The average molecular weight is 621 g/mol.